The molecule has 0 saturated carbocycles. The van der Waals surface area contributed by atoms with E-state index < -0.39 is 17.5 Å². The molecule has 1 amide bonds. The summed E-state index contributed by atoms with van der Waals surface area (Å²) in [5.41, 5.74) is 5.70. The number of rotatable bonds is 5. The van der Waals surface area contributed by atoms with E-state index in [1.165, 1.54) is 6.07 Å². The van der Waals surface area contributed by atoms with Crippen LogP contribution in [0.5, 0.6) is 5.88 Å². The molecule has 0 saturated heterocycles. The number of nitrogen functional groups attached to an aromatic ring is 1. The van der Waals surface area contributed by atoms with Gasteiger partial charge in [0.1, 0.15) is 29.0 Å². The molecule has 0 fully saturated rings. The minimum atomic E-state index is -0.657. The van der Waals surface area contributed by atoms with Gasteiger partial charge < -0.3 is 15.8 Å². The number of carbonyl (C=O) groups excluding carboxylic acids is 1. The number of ether oxygens (including phenoxy) is 1. The summed E-state index contributed by atoms with van der Waals surface area (Å²) >= 11 is 0. The van der Waals surface area contributed by atoms with Crippen LogP contribution in [0.2, 0.25) is 0 Å². The maximum Gasteiger partial charge on any atom is 0.270 e. The number of nitrogens with zero attached hydrogens (tertiary/aromatic N) is 2. The lowest BCUT2D eigenvalue weighted by Gasteiger charge is -2.10. The van der Waals surface area contributed by atoms with Crippen molar-refractivity contribution in [3.63, 3.8) is 0 Å². The van der Waals surface area contributed by atoms with Gasteiger partial charge in [0.15, 0.2) is 0 Å². The highest BCUT2D eigenvalue weighted by atomic mass is 19.1. The number of nitriles is 1. The van der Waals surface area contributed by atoms with Crippen molar-refractivity contribution in [2.45, 2.75) is 13.5 Å². The number of anilines is 1. The van der Waals surface area contributed by atoms with Gasteiger partial charge in [-0.25, -0.2) is 13.8 Å². The number of pyridine rings is 1. The lowest BCUT2D eigenvalue weighted by atomic mass is 10.2. The third-order valence-electron chi connectivity index (χ3n) is 3.09. The second-order valence-corrected chi connectivity index (χ2v) is 4.74. The van der Waals surface area contributed by atoms with Crippen molar-refractivity contribution in [3.05, 3.63) is 52.7 Å². The molecule has 124 valence electrons. The number of benzene rings is 1. The van der Waals surface area contributed by atoms with Gasteiger partial charge in [0.2, 0.25) is 5.88 Å². The number of halogens is 2. The molecule has 0 aliphatic carbocycles. The summed E-state index contributed by atoms with van der Waals surface area (Å²) in [4.78, 5) is 16.1. The SMILES string of the molecule is CCOc1nc(C(=O)NCc2cc(F)ccc2F)cc(N)c1C#N. The molecule has 24 heavy (non-hydrogen) atoms. The van der Waals surface area contributed by atoms with Gasteiger partial charge in [-0.3, -0.25) is 4.79 Å². The number of carbonyl (C=O) groups is 1. The molecule has 1 heterocycles. The smallest absolute Gasteiger partial charge is 0.270 e. The third-order valence-corrected chi connectivity index (χ3v) is 3.09. The number of hydrogen-bond donors (Lipinski definition) is 2. The molecule has 6 nitrogen and oxygen atoms in total. The molecule has 0 aliphatic rings. The first-order valence-electron chi connectivity index (χ1n) is 7.01. The standard InChI is InChI=1S/C16H14F2N4O2/c1-2-24-16-11(7-19)13(20)6-14(22-16)15(23)21-8-9-5-10(17)3-4-12(9)18/h3-6H,2,8H2,1H3,(H2,20,22)(H,21,23). The van der Waals surface area contributed by atoms with Crippen molar-refractivity contribution < 1.29 is 18.3 Å². The highest BCUT2D eigenvalue weighted by Gasteiger charge is 2.16. The molecule has 0 radical (unpaired) electrons. The first-order chi connectivity index (χ1) is 11.5. The molecule has 8 heteroatoms. The molecule has 3 N–H and O–H groups in total. The number of nitrogens with two attached hydrogens (primary N) is 1. The van der Waals surface area contributed by atoms with Crippen molar-refractivity contribution in [2.75, 3.05) is 12.3 Å². The van der Waals surface area contributed by atoms with Crippen LogP contribution in [0.4, 0.5) is 14.5 Å². The highest BCUT2D eigenvalue weighted by Crippen LogP contribution is 2.22. The lowest BCUT2D eigenvalue weighted by molar-refractivity contribution is 0.0944. The molecule has 0 spiro atoms. The van der Waals surface area contributed by atoms with Crippen LogP contribution >= 0.6 is 0 Å². The van der Waals surface area contributed by atoms with Gasteiger partial charge in [-0.15, -0.1) is 0 Å². The van der Waals surface area contributed by atoms with Crippen molar-refractivity contribution in [2.24, 2.45) is 0 Å². The fourth-order valence-electron chi connectivity index (χ4n) is 1.96. The minimum Gasteiger partial charge on any atom is -0.477 e. The van der Waals surface area contributed by atoms with Crippen LogP contribution in [0.25, 0.3) is 0 Å². The van der Waals surface area contributed by atoms with Gasteiger partial charge in [-0.1, -0.05) is 0 Å². The molecular weight excluding hydrogens is 318 g/mol. The van der Waals surface area contributed by atoms with Gasteiger partial charge in [-0.05, 0) is 31.2 Å². The average molecular weight is 332 g/mol. The van der Waals surface area contributed by atoms with E-state index in [0.717, 1.165) is 18.2 Å². The van der Waals surface area contributed by atoms with Crippen LogP contribution in [-0.4, -0.2) is 17.5 Å². The van der Waals surface area contributed by atoms with Crippen LogP contribution in [0.3, 0.4) is 0 Å². The number of hydrogen-bond acceptors (Lipinski definition) is 5. The summed E-state index contributed by atoms with van der Waals surface area (Å²) in [5, 5.41) is 11.5. The van der Waals surface area contributed by atoms with Gasteiger partial charge in [0.05, 0.1) is 12.3 Å². The number of amides is 1. The van der Waals surface area contributed by atoms with E-state index in [2.05, 4.69) is 10.3 Å². The quantitative estimate of drug-likeness (QED) is 0.873. The Morgan fingerprint density at radius 3 is 2.83 bits per heavy atom. The first-order valence-corrected chi connectivity index (χ1v) is 7.01. The van der Waals surface area contributed by atoms with E-state index in [-0.39, 0.29) is 41.5 Å². The Labute approximate surface area is 136 Å². The molecule has 0 atom stereocenters. The summed E-state index contributed by atoms with van der Waals surface area (Å²) in [6, 6.07) is 6.02. The van der Waals surface area contributed by atoms with Gasteiger partial charge in [0.25, 0.3) is 5.91 Å². The normalized spacial score (nSPS) is 10.1. The fraction of sp³-hybridized carbons (Fsp3) is 0.188. The lowest BCUT2D eigenvalue weighted by Crippen LogP contribution is -2.25. The first kappa shape index (κ1) is 17.1. The van der Waals surface area contributed by atoms with Gasteiger partial charge in [0, 0.05) is 12.1 Å². The molecule has 1 aromatic carbocycles. The summed E-state index contributed by atoms with van der Waals surface area (Å²) in [7, 11) is 0. The maximum atomic E-state index is 13.5. The Hall–Kier alpha value is -3.21. The summed E-state index contributed by atoms with van der Waals surface area (Å²) in [6.45, 7) is 1.70. The maximum absolute atomic E-state index is 13.5. The Balaban J connectivity index is 2.21. The topological polar surface area (TPSA) is 101 Å². The van der Waals surface area contributed by atoms with Crippen molar-refractivity contribution in [1.29, 1.82) is 5.26 Å². The number of nitrogens with one attached hydrogen (secondary N) is 1. The van der Waals surface area contributed by atoms with Crippen LogP contribution in [0, 0.1) is 23.0 Å². The Morgan fingerprint density at radius 2 is 2.17 bits per heavy atom. The molecule has 0 aliphatic heterocycles. The van der Waals surface area contributed by atoms with E-state index >= 15 is 0 Å². The molecule has 0 unspecified atom stereocenters. The number of aromatic nitrogens is 1. The zero-order valence-corrected chi connectivity index (χ0v) is 12.8. The zero-order valence-electron chi connectivity index (χ0n) is 12.8. The Morgan fingerprint density at radius 1 is 1.42 bits per heavy atom. The van der Waals surface area contributed by atoms with Crippen molar-refractivity contribution in [1.82, 2.24) is 10.3 Å². The fourth-order valence-corrected chi connectivity index (χ4v) is 1.96. The second kappa shape index (κ2) is 7.37. The van der Waals surface area contributed by atoms with E-state index in [4.69, 9.17) is 15.7 Å². The molecule has 2 aromatic rings. The summed E-state index contributed by atoms with van der Waals surface area (Å²) in [6.07, 6.45) is 0. The van der Waals surface area contributed by atoms with E-state index in [1.807, 2.05) is 6.07 Å². The highest BCUT2D eigenvalue weighted by molar-refractivity contribution is 5.93. The summed E-state index contributed by atoms with van der Waals surface area (Å²) < 4.78 is 31.8. The van der Waals surface area contributed by atoms with E-state index in [1.54, 1.807) is 6.92 Å². The predicted octanol–water partition coefficient (Wildman–Crippen LogP) is 2.14. The van der Waals surface area contributed by atoms with Gasteiger partial charge in [-0.2, -0.15) is 5.26 Å². The molecular formula is C16H14F2N4O2. The monoisotopic (exact) mass is 332 g/mol. The average Bonchev–Trinajstić information content (AvgIpc) is 2.55. The molecule has 1 aromatic heterocycles. The minimum absolute atomic E-state index is 0.00463. The van der Waals surface area contributed by atoms with Crippen molar-refractivity contribution >= 4 is 11.6 Å². The van der Waals surface area contributed by atoms with E-state index in [0.29, 0.717) is 0 Å². The van der Waals surface area contributed by atoms with Crippen LogP contribution in [-0.2, 0) is 6.54 Å². The zero-order chi connectivity index (χ0) is 17.7. The third kappa shape index (κ3) is 3.76. The second-order valence-electron chi connectivity index (χ2n) is 4.74. The Bertz CT molecular complexity index is 818. The van der Waals surface area contributed by atoms with E-state index in [9.17, 15) is 13.6 Å². The van der Waals surface area contributed by atoms with Gasteiger partial charge >= 0.3 is 0 Å². The van der Waals surface area contributed by atoms with Crippen LogP contribution in [0.1, 0.15) is 28.5 Å². The van der Waals surface area contributed by atoms with Crippen molar-refractivity contribution in [3.8, 4) is 11.9 Å². The predicted molar refractivity (Wildman–Crippen MR) is 82.1 cm³/mol. The molecule has 0 bridgehead atoms. The molecule has 2 rings (SSSR count). The summed E-state index contributed by atoms with van der Waals surface area (Å²) in [5.74, 6) is -1.96. The van der Waals surface area contributed by atoms with Crippen LogP contribution < -0.4 is 15.8 Å². The Kier molecular flexibility index (Phi) is 5.27. The van der Waals surface area contributed by atoms with Crippen LogP contribution in [0.15, 0.2) is 24.3 Å². The largest absolute Gasteiger partial charge is 0.477 e.